The highest BCUT2D eigenvalue weighted by molar-refractivity contribution is 5.85. The third kappa shape index (κ3) is 6.61. The van der Waals surface area contributed by atoms with Gasteiger partial charge >= 0.3 is 0 Å². The molecule has 0 aromatic heterocycles. The van der Waals surface area contributed by atoms with Crippen LogP contribution in [0, 0.1) is 11.7 Å². The van der Waals surface area contributed by atoms with Crippen LogP contribution in [0.2, 0.25) is 0 Å². The number of nitrogens with one attached hydrogen (secondary N) is 1. The molecule has 4 heteroatoms. The molecule has 1 aromatic carbocycles. The van der Waals surface area contributed by atoms with Crippen molar-refractivity contribution in [3.05, 3.63) is 35.6 Å². The van der Waals surface area contributed by atoms with Crippen molar-refractivity contribution >= 4 is 12.4 Å². The lowest BCUT2D eigenvalue weighted by Gasteiger charge is -2.14. The van der Waals surface area contributed by atoms with Crippen LogP contribution in [0.15, 0.2) is 24.3 Å². The van der Waals surface area contributed by atoms with Crippen molar-refractivity contribution in [1.29, 1.82) is 0 Å². The van der Waals surface area contributed by atoms with Crippen LogP contribution in [-0.4, -0.2) is 17.8 Å². The molecule has 1 unspecified atom stereocenters. The van der Waals surface area contributed by atoms with Gasteiger partial charge in [0.15, 0.2) is 0 Å². The standard InChI is InChI=1S/C13H20FNO.ClH/c1-10(2)7-12(16)9-15-8-11-5-3-4-6-13(11)14;/h3-6,10,12,15-16H,7-9H2,1-2H3;1H. The summed E-state index contributed by atoms with van der Waals surface area (Å²) in [4.78, 5) is 0. The second kappa shape index (κ2) is 8.45. The zero-order valence-corrected chi connectivity index (χ0v) is 11.1. The second-order valence-corrected chi connectivity index (χ2v) is 4.51. The minimum atomic E-state index is -0.355. The van der Waals surface area contributed by atoms with E-state index in [0.717, 1.165) is 6.42 Å². The Bertz CT molecular complexity index is 320. The highest BCUT2D eigenvalue weighted by Crippen LogP contribution is 2.06. The highest BCUT2D eigenvalue weighted by atomic mass is 35.5. The minimum Gasteiger partial charge on any atom is -0.392 e. The normalized spacial score (nSPS) is 12.3. The van der Waals surface area contributed by atoms with Crippen molar-refractivity contribution < 1.29 is 9.50 Å². The molecule has 1 aromatic rings. The van der Waals surface area contributed by atoms with Gasteiger partial charge in [0.1, 0.15) is 5.82 Å². The summed E-state index contributed by atoms with van der Waals surface area (Å²) in [6, 6.07) is 6.68. The SMILES string of the molecule is CC(C)CC(O)CNCc1ccccc1F.Cl. The van der Waals surface area contributed by atoms with E-state index in [9.17, 15) is 9.50 Å². The van der Waals surface area contributed by atoms with E-state index in [0.29, 0.717) is 24.6 Å². The summed E-state index contributed by atoms with van der Waals surface area (Å²) in [6.07, 6.45) is 0.413. The zero-order valence-electron chi connectivity index (χ0n) is 10.3. The lowest BCUT2D eigenvalue weighted by atomic mass is 10.1. The topological polar surface area (TPSA) is 32.3 Å². The molecule has 17 heavy (non-hydrogen) atoms. The molecule has 1 atom stereocenters. The van der Waals surface area contributed by atoms with Gasteiger partial charge in [-0.3, -0.25) is 0 Å². The number of hydrogen-bond donors (Lipinski definition) is 2. The molecule has 0 aliphatic carbocycles. The molecule has 0 spiro atoms. The Morgan fingerprint density at radius 1 is 1.29 bits per heavy atom. The van der Waals surface area contributed by atoms with E-state index in [2.05, 4.69) is 19.2 Å². The molecule has 0 aliphatic rings. The van der Waals surface area contributed by atoms with E-state index in [4.69, 9.17) is 0 Å². The van der Waals surface area contributed by atoms with Gasteiger partial charge in [0.2, 0.25) is 0 Å². The Hall–Kier alpha value is -0.640. The fourth-order valence-corrected chi connectivity index (χ4v) is 1.64. The predicted molar refractivity (Wildman–Crippen MR) is 70.8 cm³/mol. The number of aliphatic hydroxyl groups is 1. The number of aliphatic hydroxyl groups excluding tert-OH is 1. The van der Waals surface area contributed by atoms with Crippen LogP contribution in [0.5, 0.6) is 0 Å². The Labute approximate surface area is 109 Å². The van der Waals surface area contributed by atoms with Gasteiger partial charge in [-0.15, -0.1) is 12.4 Å². The second-order valence-electron chi connectivity index (χ2n) is 4.51. The first-order valence-corrected chi connectivity index (χ1v) is 5.71. The molecular formula is C13H21ClFNO. The third-order valence-corrected chi connectivity index (χ3v) is 2.40. The summed E-state index contributed by atoms with van der Waals surface area (Å²) in [5.74, 6) is 0.276. The van der Waals surface area contributed by atoms with Gasteiger partial charge in [0, 0.05) is 18.7 Å². The quantitative estimate of drug-likeness (QED) is 0.825. The number of hydrogen-bond acceptors (Lipinski definition) is 2. The molecule has 2 nitrogen and oxygen atoms in total. The molecule has 98 valence electrons. The summed E-state index contributed by atoms with van der Waals surface area (Å²) in [5.41, 5.74) is 0.638. The first-order chi connectivity index (χ1) is 7.59. The lowest BCUT2D eigenvalue weighted by Crippen LogP contribution is -2.27. The van der Waals surface area contributed by atoms with Crippen LogP contribution < -0.4 is 5.32 Å². The summed E-state index contributed by atoms with van der Waals surface area (Å²) >= 11 is 0. The maximum atomic E-state index is 13.2. The van der Waals surface area contributed by atoms with Crippen LogP contribution in [0.1, 0.15) is 25.8 Å². The fourth-order valence-electron chi connectivity index (χ4n) is 1.64. The average Bonchev–Trinajstić information content (AvgIpc) is 2.19. The van der Waals surface area contributed by atoms with E-state index in [1.807, 2.05) is 6.07 Å². The van der Waals surface area contributed by atoms with Crippen LogP contribution in [-0.2, 0) is 6.54 Å². The molecule has 0 bridgehead atoms. The molecule has 0 saturated heterocycles. The molecule has 1 rings (SSSR count). The largest absolute Gasteiger partial charge is 0.392 e. The lowest BCUT2D eigenvalue weighted by molar-refractivity contribution is 0.146. The fraction of sp³-hybridized carbons (Fsp3) is 0.538. The molecule has 0 aliphatic heterocycles. The Kier molecular flexibility index (Phi) is 8.13. The third-order valence-electron chi connectivity index (χ3n) is 2.40. The van der Waals surface area contributed by atoms with Crippen molar-refractivity contribution in [2.75, 3.05) is 6.54 Å². The molecule has 0 radical (unpaired) electrons. The Morgan fingerprint density at radius 2 is 1.94 bits per heavy atom. The van der Waals surface area contributed by atoms with Gasteiger partial charge in [0.25, 0.3) is 0 Å². The molecular weight excluding hydrogens is 241 g/mol. The monoisotopic (exact) mass is 261 g/mol. The van der Waals surface area contributed by atoms with Gasteiger partial charge in [0.05, 0.1) is 6.10 Å². The number of rotatable bonds is 6. The summed E-state index contributed by atoms with van der Waals surface area (Å²) < 4.78 is 13.2. The van der Waals surface area contributed by atoms with E-state index < -0.39 is 0 Å². The van der Waals surface area contributed by atoms with Gasteiger partial charge < -0.3 is 10.4 Å². The van der Waals surface area contributed by atoms with Crippen molar-refractivity contribution in [2.24, 2.45) is 5.92 Å². The van der Waals surface area contributed by atoms with Gasteiger partial charge in [-0.25, -0.2) is 4.39 Å². The molecule has 2 N–H and O–H groups in total. The Morgan fingerprint density at radius 3 is 2.53 bits per heavy atom. The van der Waals surface area contributed by atoms with Gasteiger partial charge in [-0.1, -0.05) is 32.0 Å². The maximum Gasteiger partial charge on any atom is 0.127 e. The first-order valence-electron chi connectivity index (χ1n) is 5.71. The zero-order chi connectivity index (χ0) is 12.0. The van der Waals surface area contributed by atoms with Crippen LogP contribution >= 0.6 is 12.4 Å². The van der Waals surface area contributed by atoms with Crippen molar-refractivity contribution in [2.45, 2.75) is 32.9 Å². The highest BCUT2D eigenvalue weighted by Gasteiger charge is 2.06. The van der Waals surface area contributed by atoms with Crippen LogP contribution in [0.3, 0.4) is 0 Å². The van der Waals surface area contributed by atoms with Crippen molar-refractivity contribution in [1.82, 2.24) is 5.32 Å². The van der Waals surface area contributed by atoms with Gasteiger partial charge in [-0.05, 0) is 18.4 Å². The minimum absolute atomic E-state index is 0. The average molecular weight is 262 g/mol. The predicted octanol–water partition coefficient (Wildman–Crippen LogP) is 2.74. The van der Waals surface area contributed by atoms with Crippen LogP contribution in [0.25, 0.3) is 0 Å². The van der Waals surface area contributed by atoms with E-state index in [-0.39, 0.29) is 24.3 Å². The van der Waals surface area contributed by atoms with E-state index in [1.165, 1.54) is 6.07 Å². The number of benzene rings is 1. The van der Waals surface area contributed by atoms with Crippen LogP contribution in [0.4, 0.5) is 4.39 Å². The molecule has 0 saturated carbocycles. The van der Waals surface area contributed by atoms with Crippen molar-refractivity contribution in [3.63, 3.8) is 0 Å². The van der Waals surface area contributed by atoms with E-state index >= 15 is 0 Å². The van der Waals surface area contributed by atoms with Gasteiger partial charge in [-0.2, -0.15) is 0 Å². The summed E-state index contributed by atoms with van der Waals surface area (Å²) in [7, 11) is 0. The Balaban J connectivity index is 0.00000256. The first kappa shape index (κ1) is 16.4. The van der Waals surface area contributed by atoms with Crippen molar-refractivity contribution in [3.8, 4) is 0 Å². The smallest absolute Gasteiger partial charge is 0.127 e. The summed E-state index contributed by atoms with van der Waals surface area (Å²) in [5, 5.41) is 12.7. The molecule has 0 heterocycles. The molecule has 0 fully saturated rings. The van der Waals surface area contributed by atoms with E-state index in [1.54, 1.807) is 12.1 Å². The maximum absolute atomic E-state index is 13.2. The summed E-state index contributed by atoms with van der Waals surface area (Å²) in [6.45, 7) is 5.11. The molecule has 0 amide bonds. The number of halogens is 2.